The number of nitrogens with zero attached hydrogens (tertiary/aromatic N) is 1. The number of rotatable bonds is 6. The van der Waals surface area contributed by atoms with E-state index in [-0.39, 0.29) is 24.4 Å². The third kappa shape index (κ3) is 4.91. The van der Waals surface area contributed by atoms with Gasteiger partial charge in [-0.3, -0.25) is 9.59 Å². The van der Waals surface area contributed by atoms with E-state index in [4.69, 9.17) is 0 Å². The van der Waals surface area contributed by atoms with Gasteiger partial charge < -0.3 is 15.5 Å². The number of hydrogen-bond acceptors (Lipinski definition) is 3. The van der Waals surface area contributed by atoms with Crippen molar-refractivity contribution in [1.82, 2.24) is 10.2 Å². The highest BCUT2D eigenvalue weighted by atomic mass is 16.2. The van der Waals surface area contributed by atoms with Crippen LogP contribution in [-0.2, 0) is 4.79 Å². The average molecular weight is 277 g/mol. The zero-order valence-corrected chi connectivity index (χ0v) is 12.6. The normalized spacial score (nSPS) is 11.6. The second-order valence-corrected chi connectivity index (χ2v) is 5.01. The van der Waals surface area contributed by atoms with Gasteiger partial charge in [0.15, 0.2) is 0 Å². The molecule has 5 heteroatoms. The van der Waals surface area contributed by atoms with Gasteiger partial charge in [0.2, 0.25) is 5.91 Å². The Morgan fingerprint density at radius 1 is 1.30 bits per heavy atom. The Labute approximate surface area is 120 Å². The molecule has 0 aromatic heterocycles. The first-order chi connectivity index (χ1) is 9.43. The third-order valence-corrected chi connectivity index (χ3v) is 3.06. The molecule has 0 spiro atoms. The third-order valence-electron chi connectivity index (χ3n) is 3.06. The Bertz CT molecular complexity index is 472. The fourth-order valence-electron chi connectivity index (χ4n) is 1.52. The van der Waals surface area contributed by atoms with Crippen molar-refractivity contribution in [2.24, 2.45) is 0 Å². The number of amides is 2. The highest BCUT2D eigenvalue weighted by molar-refractivity contribution is 5.95. The smallest absolute Gasteiger partial charge is 0.251 e. The molecule has 20 heavy (non-hydrogen) atoms. The summed E-state index contributed by atoms with van der Waals surface area (Å²) in [6, 6.07) is 7.29. The maximum absolute atomic E-state index is 12.0. The van der Waals surface area contributed by atoms with Gasteiger partial charge in [-0.15, -0.1) is 0 Å². The van der Waals surface area contributed by atoms with Crippen LogP contribution >= 0.6 is 0 Å². The van der Waals surface area contributed by atoms with E-state index in [0.717, 1.165) is 12.1 Å². The summed E-state index contributed by atoms with van der Waals surface area (Å²) in [5.41, 5.74) is 1.35. The van der Waals surface area contributed by atoms with Crippen molar-refractivity contribution < 1.29 is 9.59 Å². The predicted molar refractivity (Wildman–Crippen MR) is 80.8 cm³/mol. The van der Waals surface area contributed by atoms with E-state index in [0.29, 0.717) is 5.56 Å². The number of anilines is 1. The average Bonchev–Trinajstić information content (AvgIpc) is 2.44. The van der Waals surface area contributed by atoms with Crippen LogP contribution in [0, 0.1) is 0 Å². The van der Waals surface area contributed by atoms with Gasteiger partial charge in [-0.1, -0.05) is 13.0 Å². The van der Waals surface area contributed by atoms with Crippen molar-refractivity contribution in [1.29, 1.82) is 0 Å². The monoisotopic (exact) mass is 277 g/mol. The number of carbonyl (C=O) groups excluding carboxylic acids is 2. The quantitative estimate of drug-likeness (QED) is 0.832. The van der Waals surface area contributed by atoms with Crippen LogP contribution in [0.15, 0.2) is 24.3 Å². The molecular formula is C15H23N3O2. The molecule has 0 bridgehead atoms. The predicted octanol–water partition coefficient (Wildman–Crippen LogP) is 1.72. The van der Waals surface area contributed by atoms with E-state index in [1.165, 1.54) is 4.90 Å². The molecule has 0 aliphatic carbocycles. The van der Waals surface area contributed by atoms with Crippen LogP contribution in [0.4, 0.5) is 5.69 Å². The van der Waals surface area contributed by atoms with Crippen molar-refractivity contribution in [3.05, 3.63) is 29.8 Å². The summed E-state index contributed by atoms with van der Waals surface area (Å²) in [4.78, 5) is 25.0. The largest absolute Gasteiger partial charge is 0.376 e. The van der Waals surface area contributed by atoms with Crippen LogP contribution in [0.2, 0.25) is 0 Å². The summed E-state index contributed by atoms with van der Waals surface area (Å²) >= 11 is 0. The van der Waals surface area contributed by atoms with E-state index >= 15 is 0 Å². The van der Waals surface area contributed by atoms with E-state index in [9.17, 15) is 9.59 Å². The molecule has 0 aliphatic rings. The van der Waals surface area contributed by atoms with E-state index in [1.807, 2.05) is 19.9 Å². The van der Waals surface area contributed by atoms with Crippen molar-refractivity contribution in [2.45, 2.75) is 26.3 Å². The standard InChI is InChI=1S/C15H23N3O2/c1-5-11(2)17-15(20)12-7-6-8-13(9-12)16-10-14(19)18(3)4/h6-9,11,16H,5,10H2,1-4H3,(H,17,20). The summed E-state index contributed by atoms with van der Waals surface area (Å²) in [5.74, 6) is -0.110. The molecule has 2 N–H and O–H groups in total. The molecular weight excluding hydrogens is 254 g/mol. The van der Waals surface area contributed by atoms with Crippen LogP contribution in [-0.4, -0.2) is 43.4 Å². The molecule has 0 heterocycles. The molecule has 0 saturated carbocycles. The molecule has 2 amide bonds. The van der Waals surface area contributed by atoms with Crippen LogP contribution in [0.1, 0.15) is 30.6 Å². The molecule has 0 radical (unpaired) electrons. The molecule has 110 valence electrons. The minimum absolute atomic E-state index is 0.0144. The summed E-state index contributed by atoms with van der Waals surface area (Å²) in [5, 5.41) is 5.93. The lowest BCUT2D eigenvalue weighted by Crippen LogP contribution is -2.32. The second-order valence-electron chi connectivity index (χ2n) is 5.01. The molecule has 1 unspecified atom stereocenters. The summed E-state index contributed by atoms with van der Waals surface area (Å²) in [6.07, 6.45) is 0.890. The van der Waals surface area contributed by atoms with E-state index in [1.54, 1.807) is 32.3 Å². The van der Waals surface area contributed by atoms with Gasteiger partial charge >= 0.3 is 0 Å². The maximum atomic E-state index is 12.0. The lowest BCUT2D eigenvalue weighted by atomic mass is 10.1. The van der Waals surface area contributed by atoms with Crippen LogP contribution in [0.3, 0.4) is 0 Å². The number of carbonyl (C=O) groups is 2. The minimum atomic E-state index is -0.0954. The molecule has 1 aromatic carbocycles. The van der Waals surface area contributed by atoms with Gasteiger partial charge in [-0.2, -0.15) is 0 Å². The Balaban J connectivity index is 2.66. The van der Waals surface area contributed by atoms with Crippen LogP contribution < -0.4 is 10.6 Å². The first kappa shape index (κ1) is 16.0. The highest BCUT2D eigenvalue weighted by Gasteiger charge is 2.09. The molecule has 0 saturated heterocycles. The van der Waals surface area contributed by atoms with Crippen molar-refractivity contribution in [3.63, 3.8) is 0 Å². The fraction of sp³-hybridized carbons (Fsp3) is 0.467. The van der Waals surface area contributed by atoms with Crippen LogP contribution in [0.25, 0.3) is 0 Å². The van der Waals surface area contributed by atoms with Gasteiger partial charge in [0, 0.05) is 31.4 Å². The second kappa shape index (κ2) is 7.53. The van der Waals surface area contributed by atoms with Gasteiger partial charge in [-0.25, -0.2) is 0 Å². The van der Waals surface area contributed by atoms with Gasteiger partial charge in [0.25, 0.3) is 5.91 Å². The topological polar surface area (TPSA) is 61.4 Å². The summed E-state index contributed by atoms with van der Waals surface area (Å²) in [7, 11) is 3.42. The minimum Gasteiger partial charge on any atom is -0.376 e. The van der Waals surface area contributed by atoms with E-state index in [2.05, 4.69) is 10.6 Å². The Morgan fingerprint density at radius 2 is 2.00 bits per heavy atom. The Kier molecular flexibility index (Phi) is 6.03. The number of hydrogen-bond donors (Lipinski definition) is 2. The first-order valence-electron chi connectivity index (χ1n) is 6.79. The number of likely N-dealkylation sites (N-methyl/N-ethyl adjacent to an activating group) is 1. The van der Waals surface area contributed by atoms with Crippen molar-refractivity contribution in [3.8, 4) is 0 Å². The summed E-state index contributed by atoms with van der Waals surface area (Å²) < 4.78 is 0. The SMILES string of the molecule is CCC(C)NC(=O)c1cccc(NCC(=O)N(C)C)c1. The molecule has 0 aliphatic heterocycles. The number of benzene rings is 1. The fourth-order valence-corrected chi connectivity index (χ4v) is 1.52. The zero-order valence-electron chi connectivity index (χ0n) is 12.6. The van der Waals surface area contributed by atoms with Gasteiger partial charge in [0.1, 0.15) is 0 Å². The molecule has 1 atom stereocenters. The highest BCUT2D eigenvalue weighted by Crippen LogP contribution is 2.10. The summed E-state index contributed by atoms with van der Waals surface area (Å²) in [6.45, 7) is 4.20. The first-order valence-corrected chi connectivity index (χ1v) is 6.79. The maximum Gasteiger partial charge on any atom is 0.251 e. The van der Waals surface area contributed by atoms with Gasteiger partial charge in [-0.05, 0) is 31.5 Å². The van der Waals surface area contributed by atoms with Crippen LogP contribution in [0.5, 0.6) is 0 Å². The molecule has 1 aromatic rings. The lowest BCUT2D eigenvalue weighted by molar-refractivity contribution is -0.126. The van der Waals surface area contributed by atoms with Crippen molar-refractivity contribution in [2.75, 3.05) is 26.0 Å². The Hall–Kier alpha value is -2.04. The lowest BCUT2D eigenvalue weighted by Gasteiger charge is -2.14. The Morgan fingerprint density at radius 3 is 2.60 bits per heavy atom. The molecule has 5 nitrogen and oxygen atoms in total. The van der Waals surface area contributed by atoms with E-state index < -0.39 is 0 Å². The molecule has 0 fully saturated rings. The van der Waals surface area contributed by atoms with Gasteiger partial charge in [0.05, 0.1) is 6.54 Å². The van der Waals surface area contributed by atoms with Crippen molar-refractivity contribution >= 4 is 17.5 Å². The number of nitrogens with one attached hydrogen (secondary N) is 2. The zero-order chi connectivity index (χ0) is 15.1. The molecule has 1 rings (SSSR count).